The van der Waals surface area contributed by atoms with Crippen molar-refractivity contribution in [2.24, 2.45) is 5.10 Å². The second-order valence-corrected chi connectivity index (χ2v) is 12.4. The Morgan fingerprint density at radius 3 is 1.51 bits per heavy atom. The standard InChI is InChI=1S/C19H32N4O10P2/c1-12(2)30-34(28,31-13(3)4)19(35(29,32-14(5)6)33-15(7)8)21-20-17-10-9-16(22(24)25)11-18(17)23(26)27/h9-15,20H,1-8H3. The Hall–Kier alpha value is -2.21. The maximum Gasteiger partial charge on any atom is 0.390 e. The number of nitro groups is 2. The maximum atomic E-state index is 14.0. The van der Waals surface area contributed by atoms with E-state index in [2.05, 4.69) is 10.5 Å². The molecule has 0 spiro atoms. The molecule has 0 atom stereocenters. The molecule has 14 nitrogen and oxygen atoms in total. The number of hydrazone groups is 1. The summed E-state index contributed by atoms with van der Waals surface area (Å²) in [4.78, 5) is 20.9. The van der Waals surface area contributed by atoms with E-state index in [9.17, 15) is 29.4 Å². The van der Waals surface area contributed by atoms with Crippen LogP contribution >= 0.6 is 15.2 Å². The summed E-state index contributed by atoms with van der Waals surface area (Å²) in [7, 11) is -8.96. The topological polar surface area (TPSA) is 182 Å². The number of benzene rings is 1. The quantitative estimate of drug-likeness (QED) is 0.122. The summed E-state index contributed by atoms with van der Waals surface area (Å²) in [6, 6.07) is 2.77. The van der Waals surface area contributed by atoms with Gasteiger partial charge < -0.3 is 18.1 Å². The van der Waals surface area contributed by atoms with Gasteiger partial charge in [0.2, 0.25) is 0 Å². The lowest BCUT2D eigenvalue weighted by Crippen LogP contribution is -2.20. The molecule has 0 bridgehead atoms. The Kier molecular flexibility index (Phi) is 11.1. The Balaban J connectivity index is 3.83. The summed E-state index contributed by atoms with van der Waals surface area (Å²) in [5, 5.41) is 25.7. The minimum Gasteiger partial charge on any atom is -0.301 e. The molecule has 35 heavy (non-hydrogen) atoms. The van der Waals surface area contributed by atoms with E-state index in [4.69, 9.17) is 18.1 Å². The first-order chi connectivity index (χ1) is 16.0. The molecular weight excluding hydrogens is 506 g/mol. The molecule has 1 rings (SSSR count). The molecule has 1 aromatic carbocycles. The highest BCUT2D eigenvalue weighted by molar-refractivity contribution is 7.98. The van der Waals surface area contributed by atoms with Crippen LogP contribution in [0.1, 0.15) is 55.4 Å². The van der Waals surface area contributed by atoms with E-state index in [1.54, 1.807) is 55.4 Å². The molecule has 0 aliphatic heterocycles. The summed E-state index contributed by atoms with van der Waals surface area (Å²) in [6.07, 6.45) is -2.70. The zero-order valence-electron chi connectivity index (χ0n) is 20.9. The van der Waals surface area contributed by atoms with Gasteiger partial charge in [-0.3, -0.25) is 34.8 Å². The van der Waals surface area contributed by atoms with E-state index >= 15 is 0 Å². The first-order valence-electron chi connectivity index (χ1n) is 10.7. The van der Waals surface area contributed by atoms with E-state index in [0.29, 0.717) is 0 Å². The molecule has 1 aromatic rings. The molecule has 0 unspecified atom stereocenters. The zero-order valence-corrected chi connectivity index (χ0v) is 22.6. The molecule has 0 aromatic heterocycles. The van der Waals surface area contributed by atoms with Crippen LogP contribution in [0.2, 0.25) is 0 Å². The number of nitrogens with one attached hydrogen (secondary N) is 1. The van der Waals surface area contributed by atoms with E-state index in [0.717, 1.165) is 18.2 Å². The normalized spacial score (nSPS) is 12.5. The van der Waals surface area contributed by atoms with Gasteiger partial charge in [-0.15, -0.1) is 0 Å². The Bertz CT molecular complexity index is 974. The van der Waals surface area contributed by atoms with Gasteiger partial charge in [-0.1, -0.05) is 0 Å². The molecule has 0 aliphatic carbocycles. The number of nitro benzene ring substituents is 2. The lowest BCUT2D eigenvalue weighted by molar-refractivity contribution is -0.393. The van der Waals surface area contributed by atoms with Gasteiger partial charge >= 0.3 is 20.9 Å². The zero-order chi connectivity index (χ0) is 27.1. The summed E-state index contributed by atoms with van der Waals surface area (Å²) in [6.45, 7) is 12.6. The van der Waals surface area contributed by atoms with Crippen molar-refractivity contribution in [3.05, 3.63) is 38.4 Å². The second-order valence-electron chi connectivity index (χ2n) is 8.35. The number of hydrogen-bond donors (Lipinski definition) is 1. The first-order valence-corrected chi connectivity index (χ1v) is 13.8. The number of hydrogen-bond acceptors (Lipinski definition) is 12. The van der Waals surface area contributed by atoms with E-state index in [1.807, 2.05) is 0 Å². The highest BCUT2D eigenvalue weighted by Gasteiger charge is 2.50. The molecule has 0 saturated carbocycles. The van der Waals surface area contributed by atoms with Gasteiger partial charge in [0.25, 0.3) is 10.9 Å². The number of rotatable bonds is 14. The monoisotopic (exact) mass is 538 g/mol. The van der Waals surface area contributed by atoms with Gasteiger partial charge in [-0.2, -0.15) is 5.10 Å². The molecule has 0 aliphatic rings. The van der Waals surface area contributed by atoms with Crippen molar-refractivity contribution >= 4 is 37.4 Å². The molecular formula is C19H32N4O10P2. The third-order valence-electron chi connectivity index (χ3n) is 3.55. The summed E-state index contributed by atoms with van der Waals surface area (Å²) in [5.41, 5.74) is 0.793. The fraction of sp³-hybridized carbons (Fsp3) is 0.632. The molecule has 1 N–H and O–H groups in total. The highest BCUT2D eigenvalue weighted by Crippen LogP contribution is 2.68. The second kappa shape index (κ2) is 12.7. The van der Waals surface area contributed by atoms with E-state index in [1.165, 1.54) is 0 Å². The SMILES string of the molecule is CC(C)OP(=O)(OC(C)C)C(=NNc1ccc([N+](=O)[O-])cc1[N+](=O)[O-])P(=O)(OC(C)C)OC(C)C. The van der Waals surface area contributed by atoms with E-state index < -0.39 is 66.0 Å². The molecule has 198 valence electrons. The number of anilines is 1. The van der Waals surface area contributed by atoms with Crippen LogP contribution in [-0.2, 0) is 27.2 Å². The van der Waals surface area contributed by atoms with Crippen molar-refractivity contribution in [2.45, 2.75) is 79.8 Å². The van der Waals surface area contributed by atoms with Crippen molar-refractivity contribution < 1.29 is 37.1 Å². The van der Waals surface area contributed by atoms with Gasteiger partial charge in [-0.25, -0.2) is 0 Å². The largest absolute Gasteiger partial charge is 0.390 e. The fourth-order valence-corrected chi connectivity index (χ4v) is 7.42. The molecule has 0 heterocycles. The van der Waals surface area contributed by atoms with Crippen molar-refractivity contribution in [2.75, 3.05) is 5.43 Å². The van der Waals surface area contributed by atoms with Crippen LogP contribution in [0.25, 0.3) is 0 Å². The smallest absolute Gasteiger partial charge is 0.301 e. The lowest BCUT2D eigenvalue weighted by Gasteiger charge is -2.29. The van der Waals surface area contributed by atoms with Crippen LogP contribution in [0.15, 0.2) is 23.3 Å². The predicted octanol–water partition coefficient (Wildman–Crippen LogP) is 6.27. The number of non-ortho nitro benzene ring substituents is 1. The average molecular weight is 538 g/mol. The average Bonchev–Trinajstić information content (AvgIpc) is 2.64. The molecule has 16 heteroatoms. The van der Waals surface area contributed by atoms with Crippen LogP contribution in [0.4, 0.5) is 17.1 Å². The summed E-state index contributed by atoms with van der Waals surface area (Å²) in [5.74, 6) is 0. The van der Waals surface area contributed by atoms with Crippen molar-refractivity contribution in [3.8, 4) is 0 Å². The fourth-order valence-electron chi connectivity index (χ4n) is 2.61. The minimum atomic E-state index is -4.48. The van der Waals surface area contributed by atoms with Crippen LogP contribution in [0.5, 0.6) is 0 Å². The third kappa shape index (κ3) is 9.06. The van der Waals surface area contributed by atoms with Crippen LogP contribution in [0, 0.1) is 20.2 Å². The van der Waals surface area contributed by atoms with Gasteiger partial charge in [0.05, 0.1) is 40.3 Å². The first kappa shape index (κ1) is 30.8. The summed E-state index contributed by atoms with van der Waals surface area (Å²) >= 11 is 0. The van der Waals surface area contributed by atoms with Crippen molar-refractivity contribution in [1.29, 1.82) is 0 Å². The Labute approximate surface area is 203 Å². The van der Waals surface area contributed by atoms with Crippen LogP contribution in [-0.4, -0.2) is 39.5 Å². The van der Waals surface area contributed by atoms with Crippen molar-refractivity contribution in [1.82, 2.24) is 0 Å². The molecule has 0 saturated heterocycles. The minimum absolute atomic E-state index is 0.306. The summed E-state index contributed by atoms with van der Waals surface area (Å²) < 4.78 is 50.1. The van der Waals surface area contributed by atoms with Gasteiger partial charge in [0.1, 0.15) is 5.69 Å². The van der Waals surface area contributed by atoms with Crippen molar-refractivity contribution in [3.63, 3.8) is 0 Å². The Morgan fingerprint density at radius 2 is 1.20 bits per heavy atom. The third-order valence-corrected chi connectivity index (χ3v) is 9.00. The predicted molar refractivity (Wildman–Crippen MR) is 131 cm³/mol. The van der Waals surface area contributed by atoms with Gasteiger partial charge in [-0.05, 0) is 61.5 Å². The van der Waals surface area contributed by atoms with Gasteiger partial charge in [0, 0.05) is 6.07 Å². The molecule has 0 radical (unpaired) electrons. The molecule has 0 amide bonds. The number of nitrogens with zero attached hydrogens (tertiary/aromatic N) is 3. The molecule has 0 fully saturated rings. The highest BCUT2D eigenvalue weighted by atomic mass is 31.2. The van der Waals surface area contributed by atoms with Crippen LogP contribution in [0.3, 0.4) is 0 Å². The van der Waals surface area contributed by atoms with Gasteiger partial charge in [0.15, 0.2) is 0 Å². The lowest BCUT2D eigenvalue weighted by atomic mass is 10.2. The Morgan fingerprint density at radius 1 is 0.800 bits per heavy atom. The maximum absolute atomic E-state index is 14.0. The van der Waals surface area contributed by atoms with Crippen LogP contribution < -0.4 is 5.43 Å². The van der Waals surface area contributed by atoms with E-state index in [-0.39, 0.29) is 5.69 Å².